The van der Waals surface area contributed by atoms with Crippen LogP contribution in [0.5, 0.6) is 0 Å². The molecule has 3 aromatic rings. The highest BCUT2D eigenvalue weighted by Gasteiger charge is 2.18. The molecule has 0 aliphatic heterocycles. The van der Waals surface area contributed by atoms with Gasteiger partial charge in [-0.1, -0.05) is 35.4 Å². The highest BCUT2D eigenvalue weighted by atomic mass is 35.5. The molecule has 0 atom stereocenters. The van der Waals surface area contributed by atoms with Crippen LogP contribution in [0, 0.1) is 13.8 Å². The van der Waals surface area contributed by atoms with Gasteiger partial charge in [0.1, 0.15) is 0 Å². The number of hydrogen-bond acceptors (Lipinski definition) is 5. The van der Waals surface area contributed by atoms with Crippen molar-refractivity contribution in [1.29, 1.82) is 0 Å². The smallest absolute Gasteiger partial charge is 0.261 e. The number of carbonyl (C=O) groups excluding carboxylic acids is 1. The van der Waals surface area contributed by atoms with Crippen molar-refractivity contribution in [2.75, 3.05) is 27.1 Å². The Balaban J connectivity index is 1.58. The molecule has 8 nitrogen and oxygen atoms in total. The summed E-state index contributed by atoms with van der Waals surface area (Å²) in [7, 11) is -7.35. The van der Waals surface area contributed by atoms with Crippen molar-refractivity contribution < 1.29 is 21.6 Å². The van der Waals surface area contributed by atoms with Gasteiger partial charge in [-0.2, -0.15) is 0 Å². The Kier molecular flexibility index (Phi) is 8.65. The van der Waals surface area contributed by atoms with Gasteiger partial charge < -0.3 is 5.32 Å². The van der Waals surface area contributed by atoms with Gasteiger partial charge in [-0.25, -0.2) is 16.8 Å². The maximum atomic E-state index is 12.7. The van der Waals surface area contributed by atoms with Gasteiger partial charge in [-0.05, 0) is 74.4 Å². The van der Waals surface area contributed by atoms with E-state index in [1.807, 2.05) is 19.1 Å². The van der Waals surface area contributed by atoms with Gasteiger partial charge in [0.25, 0.3) is 10.0 Å². The van der Waals surface area contributed by atoms with Crippen LogP contribution in [-0.2, 0) is 24.8 Å². The molecule has 0 spiro atoms. The predicted molar refractivity (Wildman–Crippen MR) is 145 cm³/mol. The Morgan fingerprint density at radius 2 is 1.56 bits per heavy atom. The van der Waals surface area contributed by atoms with Gasteiger partial charge in [0.05, 0.1) is 22.5 Å². The van der Waals surface area contributed by atoms with E-state index in [1.165, 1.54) is 28.6 Å². The average Bonchev–Trinajstić information content (AvgIpc) is 2.80. The summed E-state index contributed by atoms with van der Waals surface area (Å²) in [6, 6.07) is 17.8. The summed E-state index contributed by atoms with van der Waals surface area (Å²) in [5.74, 6) is -0.310. The lowest BCUT2D eigenvalue weighted by Crippen LogP contribution is -2.31. The van der Waals surface area contributed by atoms with E-state index in [0.717, 1.165) is 11.8 Å². The average molecular weight is 550 g/mol. The molecule has 3 rings (SSSR count). The molecule has 0 aliphatic carbocycles. The number of hydrogen-bond donors (Lipinski definition) is 2. The SMILES string of the molecule is Cc1ccc(N(CCCC(=O)Nc2ccc(S(=O)(=O)Nc3cccc(Cl)c3C)cc2)S(C)(=O)=O)cc1. The van der Waals surface area contributed by atoms with Crippen molar-refractivity contribution in [2.45, 2.75) is 31.6 Å². The summed E-state index contributed by atoms with van der Waals surface area (Å²) in [6.07, 6.45) is 1.53. The van der Waals surface area contributed by atoms with Crippen molar-refractivity contribution in [3.05, 3.63) is 82.9 Å². The van der Waals surface area contributed by atoms with Crippen LogP contribution in [0.25, 0.3) is 0 Å². The minimum Gasteiger partial charge on any atom is -0.326 e. The van der Waals surface area contributed by atoms with Crippen LogP contribution >= 0.6 is 11.6 Å². The summed E-state index contributed by atoms with van der Waals surface area (Å²) in [5.41, 5.74) is 2.98. The number of aryl methyl sites for hydroxylation is 1. The molecule has 0 fully saturated rings. The number of amides is 1. The molecule has 3 aromatic carbocycles. The first-order valence-corrected chi connectivity index (χ1v) is 14.8. The van der Waals surface area contributed by atoms with Gasteiger partial charge in [0.15, 0.2) is 0 Å². The Hall–Kier alpha value is -3.08. The zero-order valence-corrected chi connectivity index (χ0v) is 22.5. The third-order valence-corrected chi connectivity index (χ3v) is 8.43. The number of anilines is 3. The second kappa shape index (κ2) is 11.3. The lowest BCUT2D eigenvalue weighted by molar-refractivity contribution is -0.116. The van der Waals surface area contributed by atoms with Crippen molar-refractivity contribution in [1.82, 2.24) is 0 Å². The van der Waals surface area contributed by atoms with Gasteiger partial charge in [-0.15, -0.1) is 0 Å². The van der Waals surface area contributed by atoms with Crippen LogP contribution in [0.3, 0.4) is 0 Å². The number of benzene rings is 3. The first kappa shape index (κ1) is 27.5. The summed E-state index contributed by atoms with van der Waals surface area (Å²) in [5, 5.41) is 3.16. The second-order valence-electron chi connectivity index (χ2n) is 8.36. The van der Waals surface area contributed by atoms with Crippen LogP contribution < -0.4 is 14.3 Å². The van der Waals surface area contributed by atoms with Gasteiger partial charge in [0.2, 0.25) is 15.9 Å². The largest absolute Gasteiger partial charge is 0.326 e. The number of nitrogens with zero attached hydrogens (tertiary/aromatic N) is 1. The topological polar surface area (TPSA) is 113 Å². The Labute approximate surface area is 217 Å². The van der Waals surface area contributed by atoms with Gasteiger partial charge in [-0.3, -0.25) is 13.8 Å². The second-order valence-corrected chi connectivity index (χ2v) is 12.4. The molecule has 192 valence electrons. The number of rotatable bonds is 10. The number of sulfonamides is 2. The molecule has 0 radical (unpaired) electrons. The first-order valence-electron chi connectivity index (χ1n) is 11.1. The van der Waals surface area contributed by atoms with Crippen molar-refractivity contribution in [3.8, 4) is 0 Å². The fourth-order valence-electron chi connectivity index (χ4n) is 3.44. The van der Waals surface area contributed by atoms with E-state index >= 15 is 0 Å². The standard InChI is InChI=1S/C25H28ClN3O5S2/c1-18-9-13-21(14-10-18)29(35(3,31)32)17-5-8-25(30)27-20-11-15-22(16-12-20)36(33,34)28-24-7-4-6-23(26)19(24)2/h4,6-7,9-16,28H,5,8,17H2,1-3H3,(H,27,30). The first-order chi connectivity index (χ1) is 16.9. The zero-order chi connectivity index (χ0) is 26.5. The molecule has 11 heteroatoms. The summed E-state index contributed by atoms with van der Waals surface area (Å²) in [4.78, 5) is 12.4. The molecule has 0 bridgehead atoms. The summed E-state index contributed by atoms with van der Waals surface area (Å²) in [6.45, 7) is 3.79. The minimum atomic E-state index is -3.85. The van der Waals surface area contributed by atoms with E-state index in [2.05, 4.69) is 10.0 Å². The minimum absolute atomic E-state index is 0.0294. The van der Waals surface area contributed by atoms with Gasteiger partial charge in [0, 0.05) is 23.7 Å². The lowest BCUT2D eigenvalue weighted by atomic mass is 10.2. The molecule has 0 unspecified atom stereocenters. The van der Waals surface area contributed by atoms with Crippen molar-refractivity contribution >= 4 is 54.6 Å². The van der Waals surface area contributed by atoms with Crippen LogP contribution in [0.1, 0.15) is 24.0 Å². The lowest BCUT2D eigenvalue weighted by Gasteiger charge is -2.22. The van der Waals surface area contributed by atoms with Crippen LogP contribution in [0.4, 0.5) is 17.1 Å². The number of carbonyl (C=O) groups is 1. The molecule has 1 amide bonds. The highest BCUT2D eigenvalue weighted by molar-refractivity contribution is 7.92. The van der Waals surface area contributed by atoms with E-state index in [-0.39, 0.29) is 23.8 Å². The molecule has 36 heavy (non-hydrogen) atoms. The summed E-state index contributed by atoms with van der Waals surface area (Å²) >= 11 is 6.06. The Morgan fingerprint density at radius 1 is 0.917 bits per heavy atom. The van der Waals surface area contributed by atoms with E-state index < -0.39 is 20.0 Å². The molecule has 0 saturated heterocycles. The normalized spacial score (nSPS) is 11.7. The molecule has 0 saturated carbocycles. The van der Waals surface area contributed by atoms with Crippen molar-refractivity contribution in [2.24, 2.45) is 0 Å². The molecular weight excluding hydrogens is 522 g/mol. The Morgan fingerprint density at radius 3 is 2.17 bits per heavy atom. The van der Waals surface area contributed by atoms with Gasteiger partial charge >= 0.3 is 0 Å². The third kappa shape index (κ3) is 7.22. The van der Waals surface area contributed by atoms with Crippen LogP contribution in [-0.4, -0.2) is 35.5 Å². The summed E-state index contributed by atoms with van der Waals surface area (Å²) < 4.78 is 53.7. The van der Waals surface area contributed by atoms with Crippen LogP contribution in [0.2, 0.25) is 5.02 Å². The predicted octanol–water partition coefficient (Wildman–Crippen LogP) is 4.94. The quantitative estimate of drug-likeness (QED) is 0.372. The number of nitrogens with one attached hydrogen (secondary N) is 2. The molecule has 0 aliphatic rings. The fourth-order valence-corrected chi connectivity index (χ4v) is 5.71. The monoisotopic (exact) mass is 549 g/mol. The molecular formula is C25H28ClN3O5S2. The van der Waals surface area contributed by atoms with E-state index in [4.69, 9.17) is 11.6 Å². The third-order valence-electron chi connectivity index (χ3n) is 5.45. The number of halogens is 1. The fraction of sp³-hybridized carbons (Fsp3) is 0.240. The van der Waals surface area contributed by atoms with E-state index in [0.29, 0.717) is 34.1 Å². The molecule has 0 heterocycles. The highest BCUT2D eigenvalue weighted by Crippen LogP contribution is 2.26. The van der Waals surface area contributed by atoms with Crippen LogP contribution in [0.15, 0.2) is 71.6 Å². The maximum absolute atomic E-state index is 12.7. The van der Waals surface area contributed by atoms with E-state index in [1.54, 1.807) is 37.3 Å². The molecule has 0 aromatic heterocycles. The molecule has 2 N–H and O–H groups in total. The Bertz CT molecular complexity index is 1440. The van der Waals surface area contributed by atoms with E-state index in [9.17, 15) is 21.6 Å². The van der Waals surface area contributed by atoms with Crippen molar-refractivity contribution in [3.63, 3.8) is 0 Å². The zero-order valence-electron chi connectivity index (χ0n) is 20.2. The maximum Gasteiger partial charge on any atom is 0.261 e.